The molecular formula is C15H20ClN5. The van der Waals surface area contributed by atoms with Crippen LogP contribution in [0.5, 0.6) is 0 Å². The number of hydrogen-bond donors (Lipinski definition) is 1. The van der Waals surface area contributed by atoms with Crippen LogP contribution in [0.15, 0.2) is 6.20 Å². The van der Waals surface area contributed by atoms with Gasteiger partial charge in [-0.3, -0.25) is 4.68 Å². The fourth-order valence-corrected chi connectivity index (χ4v) is 2.59. The summed E-state index contributed by atoms with van der Waals surface area (Å²) in [6.07, 6.45) is 5.31. The lowest BCUT2D eigenvalue weighted by molar-refractivity contribution is 0.746. The summed E-state index contributed by atoms with van der Waals surface area (Å²) in [6.45, 7) is 4.77. The highest BCUT2D eigenvalue weighted by Crippen LogP contribution is 2.39. The van der Waals surface area contributed by atoms with Gasteiger partial charge in [0.1, 0.15) is 16.8 Å². The van der Waals surface area contributed by atoms with Crippen LogP contribution in [0, 0.1) is 6.92 Å². The van der Waals surface area contributed by atoms with Crippen molar-refractivity contribution in [3.8, 4) is 0 Å². The predicted octanol–water partition coefficient (Wildman–Crippen LogP) is 3.22. The molecule has 0 aliphatic heterocycles. The zero-order chi connectivity index (χ0) is 15.0. The lowest BCUT2D eigenvalue weighted by Gasteiger charge is -2.11. The number of nitrogens with zero attached hydrogens (tertiary/aromatic N) is 4. The van der Waals surface area contributed by atoms with Crippen molar-refractivity contribution in [2.24, 2.45) is 7.05 Å². The summed E-state index contributed by atoms with van der Waals surface area (Å²) in [5, 5.41) is 8.40. The largest absolute Gasteiger partial charge is 0.365 e. The molecule has 1 aliphatic carbocycles. The van der Waals surface area contributed by atoms with Crippen molar-refractivity contribution in [3.63, 3.8) is 0 Å². The topological polar surface area (TPSA) is 55.6 Å². The van der Waals surface area contributed by atoms with Crippen molar-refractivity contribution in [3.05, 3.63) is 34.0 Å². The highest BCUT2D eigenvalue weighted by molar-refractivity contribution is 6.30. The Balaban J connectivity index is 1.80. The quantitative estimate of drug-likeness (QED) is 0.862. The summed E-state index contributed by atoms with van der Waals surface area (Å²) in [7, 11) is 1.95. The van der Waals surface area contributed by atoms with Crippen LogP contribution in [0.2, 0.25) is 5.15 Å². The van der Waals surface area contributed by atoms with Crippen LogP contribution in [0.4, 0.5) is 5.82 Å². The normalized spacial score (nSPS) is 14.5. The fourth-order valence-electron chi connectivity index (χ4n) is 2.41. The van der Waals surface area contributed by atoms with Crippen molar-refractivity contribution in [1.29, 1.82) is 0 Å². The molecule has 1 fully saturated rings. The molecule has 0 aromatic carbocycles. The number of hydrogen-bond acceptors (Lipinski definition) is 4. The maximum Gasteiger partial charge on any atom is 0.137 e. The van der Waals surface area contributed by atoms with E-state index in [-0.39, 0.29) is 0 Å². The average molecular weight is 306 g/mol. The lowest BCUT2D eigenvalue weighted by Crippen LogP contribution is -2.07. The Hall–Kier alpha value is -1.62. The summed E-state index contributed by atoms with van der Waals surface area (Å²) in [4.78, 5) is 9.02. The molecule has 112 valence electrons. The fraction of sp³-hybridized carbons (Fsp3) is 0.533. The third-order valence-corrected chi connectivity index (χ3v) is 4.19. The Morgan fingerprint density at radius 2 is 2.14 bits per heavy atom. The first-order chi connectivity index (χ1) is 10.1. The third kappa shape index (κ3) is 3.02. The summed E-state index contributed by atoms with van der Waals surface area (Å²) in [5.74, 6) is 2.20. The number of halogens is 1. The van der Waals surface area contributed by atoms with E-state index in [0.29, 0.717) is 17.6 Å². The Bertz CT molecular complexity index is 660. The zero-order valence-corrected chi connectivity index (χ0v) is 13.4. The smallest absolute Gasteiger partial charge is 0.137 e. The lowest BCUT2D eigenvalue weighted by atomic mass is 10.2. The van der Waals surface area contributed by atoms with E-state index in [1.165, 1.54) is 18.4 Å². The summed E-state index contributed by atoms with van der Waals surface area (Å²) >= 11 is 6.23. The molecule has 0 amide bonds. The SMILES string of the molecule is CCc1nn(C)cc1CNc1nc(C2CC2)nc(Cl)c1C. The van der Waals surface area contributed by atoms with Gasteiger partial charge in [0.15, 0.2) is 0 Å². The van der Waals surface area contributed by atoms with Gasteiger partial charge in [-0.05, 0) is 26.2 Å². The van der Waals surface area contributed by atoms with Crippen molar-refractivity contribution in [2.75, 3.05) is 5.32 Å². The standard InChI is InChI=1S/C15H20ClN5/c1-4-12-11(8-21(3)20-12)7-17-14-9(2)13(16)18-15(19-14)10-5-6-10/h8,10H,4-7H2,1-3H3,(H,17,18,19). The third-order valence-electron chi connectivity index (χ3n) is 3.82. The number of aromatic nitrogens is 4. The molecule has 0 unspecified atom stereocenters. The first-order valence-corrected chi connectivity index (χ1v) is 7.75. The van der Waals surface area contributed by atoms with Gasteiger partial charge in [0, 0.05) is 36.8 Å². The highest BCUT2D eigenvalue weighted by atomic mass is 35.5. The average Bonchev–Trinajstić information content (AvgIpc) is 3.24. The molecule has 1 aliphatic rings. The van der Waals surface area contributed by atoms with E-state index in [2.05, 4.69) is 27.3 Å². The van der Waals surface area contributed by atoms with Gasteiger partial charge in [-0.1, -0.05) is 18.5 Å². The molecule has 1 N–H and O–H groups in total. The maximum atomic E-state index is 6.23. The molecular weight excluding hydrogens is 286 g/mol. The molecule has 3 rings (SSSR count). The van der Waals surface area contributed by atoms with Crippen LogP contribution < -0.4 is 5.32 Å². The van der Waals surface area contributed by atoms with E-state index in [4.69, 9.17) is 11.6 Å². The molecule has 0 radical (unpaired) electrons. The summed E-state index contributed by atoms with van der Waals surface area (Å²) < 4.78 is 1.85. The molecule has 1 saturated carbocycles. The van der Waals surface area contributed by atoms with E-state index >= 15 is 0 Å². The van der Waals surface area contributed by atoms with Crippen molar-refractivity contribution >= 4 is 17.4 Å². The number of rotatable bonds is 5. The van der Waals surface area contributed by atoms with Gasteiger partial charge < -0.3 is 5.32 Å². The van der Waals surface area contributed by atoms with E-state index in [9.17, 15) is 0 Å². The van der Waals surface area contributed by atoms with Crippen molar-refractivity contribution < 1.29 is 0 Å². The zero-order valence-electron chi connectivity index (χ0n) is 12.6. The molecule has 0 bridgehead atoms. The Morgan fingerprint density at radius 1 is 1.38 bits per heavy atom. The van der Waals surface area contributed by atoms with E-state index in [1.54, 1.807) is 0 Å². The van der Waals surface area contributed by atoms with Crippen LogP contribution in [-0.4, -0.2) is 19.7 Å². The maximum absolute atomic E-state index is 6.23. The van der Waals surface area contributed by atoms with Crippen molar-refractivity contribution in [1.82, 2.24) is 19.7 Å². The molecule has 0 saturated heterocycles. The molecule has 0 spiro atoms. The Labute approximate surface area is 129 Å². The number of nitrogens with one attached hydrogen (secondary N) is 1. The predicted molar refractivity (Wildman–Crippen MR) is 83.7 cm³/mol. The molecule has 5 nitrogen and oxygen atoms in total. The van der Waals surface area contributed by atoms with Gasteiger partial charge in [-0.15, -0.1) is 0 Å². The van der Waals surface area contributed by atoms with E-state index in [1.807, 2.05) is 24.9 Å². The van der Waals surface area contributed by atoms with Crippen molar-refractivity contribution in [2.45, 2.75) is 45.6 Å². The molecule has 21 heavy (non-hydrogen) atoms. The monoisotopic (exact) mass is 305 g/mol. The number of aryl methyl sites for hydroxylation is 2. The minimum absolute atomic E-state index is 0.494. The Kier molecular flexibility index (Phi) is 3.85. The van der Waals surface area contributed by atoms with Gasteiger partial charge in [0.05, 0.1) is 5.69 Å². The van der Waals surface area contributed by atoms with Crippen LogP contribution in [0.1, 0.15) is 48.3 Å². The summed E-state index contributed by atoms with van der Waals surface area (Å²) in [5.41, 5.74) is 3.22. The second-order valence-corrected chi connectivity index (χ2v) is 5.96. The van der Waals surface area contributed by atoms with E-state index in [0.717, 1.165) is 29.3 Å². The van der Waals surface area contributed by atoms with Crippen LogP contribution in [0.25, 0.3) is 0 Å². The van der Waals surface area contributed by atoms with Gasteiger partial charge in [-0.25, -0.2) is 9.97 Å². The van der Waals surface area contributed by atoms with E-state index < -0.39 is 0 Å². The van der Waals surface area contributed by atoms with Gasteiger partial charge in [0.2, 0.25) is 0 Å². The second-order valence-electron chi connectivity index (χ2n) is 5.60. The Morgan fingerprint density at radius 3 is 2.81 bits per heavy atom. The van der Waals surface area contributed by atoms with Crippen LogP contribution >= 0.6 is 11.6 Å². The molecule has 6 heteroatoms. The van der Waals surface area contributed by atoms with Crippen LogP contribution in [0.3, 0.4) is 0 Å². The molecule has 2 heterocycles. The number of anilines is 1. The van der Waals surface area contributed by atoms with Gasteiger partial charge >= 0.3 is 0 Å². The first kappa shape index (κ1) is 14.3. The summed E-state index contributed by atoms with van der Waals surface area (Å²) in [6, 6.07) is 0. The molecule has 2 aromatic rings. The van der Waals surface area contributed by atoms with Gasteiger partial charge in [-0.2, -0.15) is 5.10 Å². The minimum Gasteiger partial charge on any atom is -0.365 e. The van der Waals surface area contributed by atoms with Gasteiger partial charge in [0.25, 0.3) is 0 Å². The molecule has 2 aromatic heterocycles. The molecule has 0 atom stereocenters. The highest BCUT2D eigenvalue weighted by Gasteiger charge is 2.28. The second kappa shape index (κ2) is 5.64. The first-order valence-electron chi connectivity index (χ1n) is 7.37. The van der Waals surface area contributed by atoms with Crippen LogP contribution in [-0.2, 0) is 20.0 Å². The minimum atomic E-state index is 0.494.